The van der Waals surface area contributed by atoms with E-state index in [0.29, 0.717) is 12.8 Å². The summed E-state index contributed by atoms with van der Waals surface area (Å²) in [7, 11) is 0. The van der Waals surface area contributed by atoms with Gasteiger partial charge in [0.25, 0.3) is 0 Å². The van der Waals surface area contributed by atoms with Gasteiger partial charge >= 0.3 is 0 Å². The molecule has 0 saturated heterocycles. The van der Waals surface area contributed by atoms with Gasteiger partial charge in [-0.1, -0.05) is 168 Å². The first kappa shape index (κ1) is 36.4. The summed E-state index contributed by atoms with van der Waals surface area (Å²) < 4.78 is 0. The standard InChI is InChI=1S/C33H67NO3/c1-3-5-7-9-11-13-14-15-16-17-18-19-20-21-22-24-26-28-32(36)31(30-35)34-33(37)29-27-25-23-12-10-8-6-4-2/h31-32,35-36H,3-30H2,1-2H3,(H,34,37). The lowest BCUT2D eigenvalue weighted by atomic mass is 10.0. The maximum atomic E-state index is 12.2. The molecular formula is C33H67NO3. The van der Waals surface area contributed by atoms with Crippen molar-refractivity contribution in [3.63, 3.8) is 0 Å². The molecule has 4 heteroatoms. The van der Waals surface area contributed by atoms with Gasteiger partial charge < -0.3 is 15.5 Å². The Balaban J connectivity index is 3.51. The topological polar surface area (TPSA) is 69.6 Å². The van der Waals surface area contributed by atoms with E-state index in [4.69, 9.17) is 0 Å². The first-order valence-corrected chi connectivity index (χ1v) is 16.7. The minimum absolute atomic E-state index is 0.0357. The van der Waals surface area contributed by atoms with Crippen LogP contribution in [0.2, 0.25) is 0 Å². The molecule has 4 nitrogen and oxygen atoms in total. The molecule has 3 N–H and O–H groups in total. The minimum Gasteiger partial charge on any atom is -0.394 e. The second-order valence-electron chi connectivity index (χ2n) is 11.6. The van der Waals surface area contributed by atoms with Gasteiger partial charge in [0.05, 0.1) is 18.8 Å². The third-order valence-corrected chi connectivity index (χ3v) is 7.87. The van der Waals surface area contributed by atoms with Gasteiger partial charge in [-0.3, -0.25) is 4.79 Å². The number of hydrogen-bond donors (Lipinski definition) is 3. The van der Waals surface area contributed by atoms with Crippen LogP contribution >= 0.6 is 0 Å². The smallest absolute Gasteiger partial charge is 0.220 e. The Morgan fingerprint density at radius 3 is 1.22 bits per heavy atom. The molecule has 0 spiro atoms. The summed E-state index contributed by atoms with van der Waals surface area (Å²) in [4.78, 5) is 12.2. The molecule has 0 rings (SSSR count). The predicted octanol–water partition coefficient (Wildman–Crippen LogP) is 9.40. The van der Waals surface area contributed by atoms with Crippen LogP contribution in [-0.2, 0) is 4.79 Å². The molecule has 0 aromatic rings. The highest BCUT2D eigenvalue weighted by molar-refractivity contribution is 5.76. The van der Waals surface area contributed by atoms with Crippen molar-refractivity contribution in [2.75, 3.05) is 6.61 Å². The summed E-state index contributed by atoms with van der Waals surface area (Å²) in [6.45, 7) is 4.32. The maximum Gasteiger partial charge on any atom is 0.220 e. The van der Waals surface area contributed by atoms with E-state index in [1.54, 1.807) is 0 Å². The number of amides is 1. The molecule has 0 fully saturated rings. The number of nitrogens with one attached hydrogen (secondary N) is 1. The second-order valence-corrected chi connectivity index (χ2v) is 11.6. The molecule has 222 valence electrons. The molecule has 0 aromatic carbocycles. The van der Waals surface area contributed by atoms with Gasteiger partial charge in [0.2, 0.25) is 5.91 Å². The van der Waals surface area contributed by atoms with Crippen molar-refractivity contribution < 1.29 is 15.0 Å². The van der Waals surface area contributed by atoms with Crippen LogP contribution in [0.5, 0.6) is 0 Å². The third kappa shape index (κ3) is 26.8. The first-order chi connectivity index (χ1) is 18.2. The fraction of sp³-hybridized carbons (Fsp3) is 0.970. The van der Waals surface area contributed by atoms with Crippen molar-refractivity contribution in [2.45, 2.75) is 199 Å². The Morgan fingerprint density at radius 1 is 0.541 bits per heavy atom. The van der Waals surface area contributed by atoms with Crippen LogP contribution in [0.15, 0.2) is 0 Å². The van der Waals surface area contributed by atoms with E-state index in [0.717, 1.165) is 25.7 Å². The highest BCUT2D eigenvalue weighted by atomic mass is 16.3. The third-order valence-electron chi connectivity index (χ3n) is 7.87. The minimum atomic E-state index is -0.649. The van der Waals surface area contributed by atoms with Crippen molar-refractivity contribution in [3.8, 4) is 0 Å². The molecule has 0 aliphatic rings. The van der Waals surface area contributed by atoms with Crippen molar-refractivity contribution in [1.82, 2.24) is 5.32 Å². The van der Waals surface area contributed by atoms with Gasteiger partial charge in [-0.15, -0.1) is 0 Å². The predicted molar refractivity (Wildman–Crippen MR) is 161 cm³/mol. The lowest BCUT2D eigenvalue weighted by Gasteiger charge is -2.22. The van der Waals surface area contributed by atoms with Crippen LogP contribution in [0, 0.1) is 0 Å². The zero-order valence-electron chi connectivity index (χ0n) is 25.3. The molecule has 0 saturated carbocycles. The Bertz CT molecular complexity index is 457. The number of unbranched alkanes of at least 4 members (excludes halogenated alkanes) is 23. The highest BCUT2D eigenvalue weighted by Gasteiger charge is 2.19. The summed E-state index contributed by atoms with van der Waals surface area (Å²) in [6.07, 6.45) is 33.0. The zero-order valence-corrected chi connectivity index (χ0v) is 25.3. The summed E-state index contributed by atoms with van der Waals surface area (Å²) in [5.41, 5.74) is 0. The second kappa shape index (κ2) is 29.9. The zero-order chi connectivity index (χ0) is 27.2. The Hall–Kier alpha value is -0.610. The summed E-state index contributed by atoms with van der Waals surface area (Å²) in [5.74, 6) is -0.0357. The fourth-order valence-electron chi connectivity index (χ4n) is 5.24. The van der Waals surface area contributed by atoms with Gasteiger partial charge in [0.15, 0.2) is 0 Å². The van der Waals surface area contributed by atoms with E-state index in [-0.39, 0.29) is 12.5 Å². The van der Waals surface area contributed by atoms with Gasteiger partial charge in [0, 0.05) is 6.42 Å². The van der Waals surface area contributed by atoms with Crippen molar-refractivity contribution in [1.29, 1.82) is 0 Å². The van der Waals surface area contributed by atoms with Crippen molar-refractivity contribution in [3.05, 3.63) is 0 Å². The lowest BCUT2D eigenvalue weighted by Crippen LogP contribution is -2.45. The van der Waals surface area contributed by atoms with Gasteiger partial charge in [-0.2, -0.15) is 0 Å². The molecule has 0 aromatic heterocycles. The van der Waals surface area contributed by atoms with Crippen LogP contribution in [0.4, 0.5) is 0 Å². The average Bonchev–Trinajstić information content (AvgIpc) is 2.90. The first-order valence-electron chi connectivity index (χ1n) is 16.7. The van der Waals surface area contributed by atoms with E-state index in [1.165, 1.54) is 135 Å². The number of aliphatic hydroxyl groups excluding tert-OH is 2. The van der Waals surface area contributed by atoms with E-state index in [1.807, 2.05) is 0 Å². The summed E-state index contributed by atoms with van der Waals surface area (Å²) in [6, 6.07) is -0.525. The van der Waals surface area contributed by atoms with Crippen molar-refractivity contribution in [2.24, 2.45) is 0 Å². The highest BCUT2D eigenvalue weighted by Crippen LogP contribution is 2.15. The molecule has 0 radical (unpaired) electrons. The Morgan fingerprint density at radius 2 is 0.865 bits per heavy atom. The molecule has 0 heterocycles. The van der Waals surface area contributed by atoms with Crippen LogP contribution in [0.25, 0.3) is 0 Å². The van der Waals surface area contributed by atoms with Crippen LogP contribution in [0.1, 0.15) is 187 Å². The molecule has 2 unspecified atom stereocenters. The van der Waals surface area contributed by atoms with Gasteiger partial charge in [0.1, 0.15) is 0 Å². The normalized spacial score (nSPS) is 13.1. The quantitative estimate of drug-likeness (QED) is 0.0818. The molecule has 0 aliphatic heterocycles. The molecule has 2 atom stereocenters. The maximum absolute atomic E-state index is 12.2. The number of hydrogen-bond acceptors (Lipinski definition) is 3. The van der Waals surface area contributed by atoms with Crippen LogP contribution in [0.3, 0.4) is 0 Å². The fourth-order valence-corrected chi connectivity index (χ4v) is 5.24. The molecule has 37 heavy (non-hydrogen) atoms. The van der Waals surface area contributed by atoms with Crippen LogP contribution in [-0.4, -0.2) is 34.9 Å². The monoisotopic (exact) mass is 526 g/mol. The van der Waals surface area contributed by atoms with E-state index >= 15 is 0 Å². The molecule has 1 amide bonds. The van der Waals surface area contributed by atoms with E-state index in [2.05, 4.69) is 19.2 Å². The lowest BCUT2D eigenvalue weighted by molar-refractivity contribution is -0.123. The molecular weight excluding hydrogens is 458 g/mol. The summed E-state index contributed by atoms with van der Waals surface area (Å²) in [5, 5.41) is 22.9. The number of carbonyl (C=O) groups excluding carboxylic acids is 1. The van der Waals surface area contributed by atoms with Crippen LogP contribution < -0.4 is 5.32 Å². The molecule has 0 bridgehead atoms. The number of aliphatic hydroxyl groups is 2. The van der Waals surface area contributed by atoms with E-state index in [9.17, 15) is 15.0 Å². The SMILES string of the molecule is CCCCCCCCCCCCCCCCCCCC(O)C(CO)NC(=O)CCCCCCCCCC. The Labute approximate surface area is 232 Å². The number of rotatable bonds is 30. The summed E-state index contributed by atoms with van der Waals surface area (Å²) >= 11 is 0. The number of carbonyl (C=O) groups is 1. The largest absolute Gasteiger partial charge is 0.394 e. The van der Waals surface area contributed by atoms with Gasteiger partial charge in [-0.25, -0.2) is 0 Å². The van der Waals surface area contributed by atoms with E-state index < -0.39 is 12.1 Å². The van der Waals surface area contributed by atoms with Gasteiger partial charge in [-0.05, 0) is 12.8 Å². The molecule has 0 aliphatic carbocycles. The van der Waals surface area contributed by atoms with Crippen molar-refractivity contribution >= 4 is 5.91 Å². The average molecular weight is 526 g/mol. The Kier molecular flexibility index (Phi) is 29.4.